The summed E-state index contributed by atoms with van der Waals surface area (Å²) in [5.74, 6) is -1.22. The second kappa shape index (κ2) is 10.0. The van der Waals surface area contributed by atoms with Gasteiger partial charge in [-0.15, -0.1) is 0 Å². The molecule has 138 valence electrons. The van der Waals surface area contributed by atoms with Crippen LogP contribution in [0.2, 0.25) is 5.02 Å². The summed E-state index contributed by atoms with van der Waals surface area (Å²) >= 11 is 5.94. The molecule has 0 bridgehead atoms. The van der Waals surface area contributed by atoms with Crippen molar-refractivity contribution >= 4 is 35.0 Å². The lowest BCUT2D eigenvalue weighted by Gasteiger charge is -2.16. The van der Waals surface area contributed by atoms with Gasteiger partial charge in [0.15, 0.2) is 0 Å². The lowest BCUT2D eigenvalue weighted by molar-refractivity contribution is -0.125. The number of hydrogen-bond donors (Lipinski definition) is 4. The highest BCUT2D eigenvalue weighted by Crippen LogP contribution is 2.21. The molecule has 0 aromatic heterocycles. The highest BCUT2D eigenvalue weighted by Gasteiger charge is 2.18. The average Bonchev–Trinajstić information content (AvgIpc) is 2.56. The average molecular weight is 369 g/mol. The van der Waals surface area contributed by atoms with Gasteiger partial charge in [0, 0.05) is 11.6 Å². The molecule has 1 aromatic carbocycles. The molecule has 0 saturated heterocycles. The van der Waals surface area contributed by atoms with Crippen LogP contribution in [0.1, 0.15) is 37.6 Å². The predicted molar refractivity (Wildman–Crippen MR) is 98.5 cm³/mol. The fourth-order valence-corrected chi connectivity index (χ4v) is 2.11. The van der Waals surface area contributed by atoms with Crippen molar-refractivity contribution in [3.8, 4) is 0 Å². The molecule has 3 amide bonds. The van der Waals surface area contributed by atoms with Crippen LogP contribution in [0.5, 0.6) is 0 Å². The van der Waals surface area contributed by atoms with Crippen LogP contribution in [0.25, 0.3) is 0 Å². The zero-order valence-electron chi connectivity index (χ0n) is 14.7. The van der Waals surface area contributed by atoms with E-state index in [1.54, 1.807) is 6.07 Å². The number of nitrogens with one attached hydrogen (secondary N) is 3. The summed E-state index contributed by atoms with van der Waals surface area (Å²) in [6.45, 7) is 5.85. The van der Waals surface area contributed by atoms with Crippen LogP contribution < -0.4 is 21.7 Å². The second-order valence-corrected chi connectivity index (χ2v) is 6.42. The summed E-state index contributed by atoms with van der Waals surface area (Å²) in [7, 11) is 0. The van der Waals surface area contributed by atoms with Gasteiger partial charge in [0.1, 0.15) is 0 Å². The Morgan fingerprint density at radius 1 is 1.20 bits per heavy atom. The van der Waals surface area contributed by atoms with Crippen molar-refractivity contribution in [2.45, 2.75) is 33.2 Å². The van der Waals surface area contributed by atoms with E-state index in [-0.39, 0.29) is 24.1 Å². The minimum Gasteiger partial charge on any atom is -0.352 e. The molecule has 25 heavy (non-hydrogen) atoms. The highest BCUT2D eigenvalue weighted by atomic mass is 35.5. The number of benzene rings is 1. The van der Waals surface area contributed by atoms with E-state index in [0.29, 0.717) is 17.1 Å². The molecule has 1 aromatic rings. The normalized spacial score (nSPS) is 11.8. The Balaban J connectivity index is 2.74. The molecule has 0 saturated carbocycles. The first-order valence-electron chi connectivity index (χ1n) is 8.17. The smallest absolute Gasteiger partial charge is 0.253 e. The molecule has 1 atom stereocenters. The predicted octanol–water partition coefficient (Wildman–Crippen LogP) is 1.52. The van der Waals surface area contributed by atoms with E-state index in [2.05, 4.69) is 16.0 Å². The molecular formula is C17H25ClN4O3. The molecule has 0 aliphatic rings. The quantitative estimate of drug-likeness (QED) is 0.557. The van der Waals surface area contributed by atoms with E-state index >= 15 is 0 Å². The van der Waals surface area contributed by atoms with Gasteiger partial charge < -0.3 is 21.7 Å². The van der Waals surface area contributed by atoms with Crippen molar-refractivity contribution in [1.82, 2.24) is 10.6 Å². The van der Waals surface area contributed by atoms with E-state index in [4.69, 9.17) is 17.3 Å². The van der Waals surface area contributed by atoms with Gasteiger partial charge in [-0.2, -0.15) is 0 Å². The van der Waals surface area contributed by atoms with E-state index in [1.165, 1.54) is 12.1 Å². The third kappa shape index (κ3) is 6.72. The van der Waals surface area contributed by atoms with Gasteiger partial charge in [0.2, 0.25) is 11.8 Å². The van der Waals surface area contributed by atoms with E-state index in [9.17, 15) is 14.4 Å². The van der Waals surface area contributed by atoms with Gasteiger partial charge in [-0.05, 0) is 30.5 Å². The molecule has 7 nitrogen and oxygen atoms in total. The zero-order valence-corrected chi connectivity index (χ0v) is 15.4. The Labute approximate surface area is 152 Å². The van der Waals surface area contributed by atoms with Crippen LogP contribution in [-0.2, 0) is 9.59 Å². The Hall–Kier alpha value is -2.12. The number of nitrogens with two attached hydrogens (primary N) is 1. The van der Waals surface area contributed by atoms with Crippen LogP contribution in [-0.4, -0.2) is 36.9 Å². The number of carbonyl (C=O) groups is 3. The SMILES string of the molecule is CCCNC(=O)c1ccc(Cl)cc1NC(=O)CNC(=O)[C@@H](N)C(C)C. The minimum atomic E-state index is -0.686. The monoisotopic (exact) mass is 368 g/mol. The van der Waals surface area contributed by atoms with Gasteiger partial charge in [0.25, 0.3) is 5.91 Å². The first kappa shape index (κ1) is 20.9. The standard InChI is InChI=1S/C17H25ClN4O3/c1-4-7-20-16(24)12-6-5-11(18)8-13(12)22-14(23)9-21-17(25)15(19)10(2)3/h5-6,8,10,15H,4,7,9,19H2,1-3H3,(H,20,24)(H,21,25)(H,22,23)/t15-/m0/s1. The lowest BCUT2D eigenvalue weighted by atomic mass is 10.1. The number of rotatable bonds is 8. The Kier molecular flexibility index (Phi) is 8.37. The van der Waals surface area contributed by atoms with Crippen molar-refractivity contribution in [1.29, 1.82) is 0 Å². The number of amides is 3. The Morgan fingerprint density at radius 3 is 2.48 bits per heavy atom. The summed E-state index contributed by atoms with van der Waals surface area (Å²) in [5, 5.41) is 8.19. The maximum Gasteiger partial charge on any atom is 0.253 e. The number of anilines is 1. The van der Waals surface area contributed by atoms with Crippen molar-refractivity contribution in [2.75, 3.05) is 18.4 Å². The molecule has 5 N–H and O–H groups in total. The van der Waals surface area contributed by atoms with Crippen LogP contribution in [0, 0.1) is 5.92 Å². The van der Waals surface area contributed by atoms with E-state index < -0.39 is 17.9 Å². The minimum absolute atomic E-state index is 0.0372. The van der Waals surface area contributed by atoms with E-state index in [1.807, 2.05) is 20.8 Å². The molecule has 0 aliphatic carbocycles. The fraction of sp³-hybridized carbons (Fsp3) is 0.471. The first-order valence-corrected chi connectivity index (χ1v) is 8.55. The van der Waals surface area contributed by atoms with Gasteiger partial charge in [0.05, 0.1) is 23.8 Å². The van der Waals surface area contributed by atoms with Crippen molar-refractivity contribution in [2.24, 2.45) is 11.7 Å². The highest BCUT2D eigenvalue weighted by molar-refractivity contribution is 6.31. The molecule has 1 rings (SSSR count). The molecule has 0 aliphatic heterocycles. The molecule has 0 radical (unpaired) electrons. The summed E-state index contributed by atoms with van der Waals surface area (Å²) in [5.41, 5.74) is 6.30. The van der Waals surface area contributed by atoms with Gasteiger partial charge in [-0.3, -0.25) is 14.4 Å². The summed E-state index contributed by atoms with van der Waals surface area (Å²) in [6.07, 6.45) is 0.795. The van der Waals surface area contributed by atoms with Gasteiger partial charge in [-0.25, -0.2) is 0 Å². The first-order chi connectivity index (χ1) is 11.8. The fourth-order valence-electron chi connectivity index (χ4n) is 1.93. The summed E-state index contributed by atoms with van der Waals surface area (Å²) in [4.78, 5) is 36.0. The zero-order chi connectivity index (χ0) is 19.0. The maximum absolute atomic E-state index is 12.2. The summed E-state index contributed by atoms with van der Waals surface area (Å²) < 4.78 is 0. The van der Waals surface area contributed by atoms with Gasteiger partial charge >= 0.3 is 0 Å². The number of hydrogen-bond acceptors (Lipinski definition) is 4. The molecule has 0 heterocycles. The number of carbonyl (C=O) groups excluding carboxylic acids is 3. The van der Waals surface area contributed by atoms with Gasteiger partial charge in [-0.1, -0.05) is 32.4 Å². The van der Waals surface area contributed by atoms with Crippen LogP contribution in [0.4, 0.5) is 5.69 Å². The van der Waals surface area contributed by atoms with Crippen LogP contribution in [0.15, 0.2) is 18.2 Å². The van der Waals surface area contributed by atoms with Crippen molar-refractivity contribution < 1.29 is 14.4 Å². The van der Waals surface area contributed by atoms with Crippen LogP contribution in [0.3, 0.4) is 0 Å². The third-order valence-electron chi connectivity index (χ3n) is 3.48. The Bertz CT molecular complexity index is 634. The molecule has 0 fully saturated rings. The Morgan fingerprint density at radius 2 is 1.88 bits per heavy atom. The maximum atomic E-state index is 12.2. The molecule has 8 heteroatoms. The third-order valence-corrected chi connectivity index (χ3v) is 3.72. The van der Waals surface area contributed by atoms with E-state index in [0.717, 1.165) is 6.42 Å². The largest absolute Gasteiger partial charge is 0.352 e. The summed E-state index contributed by atoms with van der Waals surface area (Å²) in [6, 6.07) is 3.91. The lowest BCUT2D eigenvalue weighted by Crippen LogP contribution is -2.46. The molecular weight excluding hydrogens is 344 g/mol. The molecule has 0 unspecified atom stereocenters. The molecule has 0 spiro atoms. The van der Waals surface area contributed by atoms with Crippen LogP contribution >= 0.6 is 11.6 Å². The van der Waals surface area contributed by atoms with Crippen molar-refractivity contribution in [3.63, 3.8) is 0 Å². The number of halogens is 1. The van der Waals surface area contributed by atoms with Crippen molar-refractivity contribution in [3.05, 3.63) is 28.8 Å². The second-order valence-electron chi connectivity index (χ2n) is 5.98. The topological polar surface area (TPSA) is 113 Å².